The minimum absolute atomic E-state index is 0.117. The summed E-state index contributed by atoms with van der Waals surface area (Å²) < 4.78 is 93.8. The zero-order valence-electron chi connectivity index (χ0n) is 13.3. The first kappa shape index (κ1) is 20.8. The van der Waals surface area contributed by atoms with Crippen molar-refractivity contribution in [1.82, 2.24) is 5.32 Å². The van der Waals surface area contributed by atoms with Gasteiger partial charge in [0.2, 0.25) is 0 Å². The smallest absolute Gasteiger partial charge is 0.406 e. The van der Waals surface area contributed by atoms with Crippen molar-refractivity contribution in [3.63, 3.8) is 0 Å². The number of hydrogen-bond acceptors (Lipinski definition) is 2. The molecule has 1 aromatic carbocycles. The van der Waals surface area contributed by atoms with Gasteiger partial charge in [0.15, 0.2) is 5.54 Å². The number of anilines is 1. The van der Waals surface area contributed by atoms with Gasteiger partial charge in [-0.2, -0.15) is 0 Å². The first-order valence-electron chi connectivity index (χ1n) is 6.76. The third-order valence-corrected chi connectivity index (χ3v) is 3.47. The molecule has 11 heteroatoms. The number of carbonyl (C=O) groups excluding carboxylic acids is 1. The number of nitrogens with one attached hydrogen (secondary N) is 2. The van der Waals surface area contributed by atoms with E-state index in [0.717, 1.165) is 24.3 Å². The Morgan fingerprint density at radius 3 is 1.68 bits per heavy atom. The fourth-order valence-corrected chi connectivity index (χ4v) is 1.73. The van der Waals surface area contributed by atoms with Crippen LogP contribution in [0.3, 0.4) is 0 Å². The molecule has 0 heterocycles. The molecule has 1 aromatic rings. The third-order valence-electron chi connectivity index (χ3n) is 3.47. The predicted octanol–water partition coefficient (Wildman–Crippen LogP) is 4.78. The Labute approximate surface area is 138 Å². The Hall–Kier alpha value is -2.20. The van der Waals surface area contributed by atoms with E-state index in [1.54, 1.807) is 0 Å². The number of carbonyl (C=O) groups is 1. The van der Waals surface area contributed by atoms with E-state index in [-0.39, 0.29) is 19.5 Å². The second-order valence-corrected chi connectivity index (χ2v) is 5.55. The highest BCUT2D eigenvalue weighted by Gasteiger charge is 2.61. The molecule has 25 heavy (non-hydrogen) atoms. The lowest BCUT2D eigenvalue weighted by molar-refractivity contribution is -0.274. The van der Waals surface area contributed by atoms with Crippen LogP contribution in [0.15, 0.2) is 24.3 Å². The summed E-state index contributed by atoms with van der Waals surface area (Å²) >= 11 is 0. The fraction of sp³-hybridized carbons (Fsp3) is 0.500. The Morgan fingerprint density at radius 2 is 1.32 bits per heavy atom. The summed E-state index contributed by atoms with van der Waals surface area (Å²) in [6.07, 6.45) is -4.91. The molecular weight excluding hydrogens is 361 g/mol. The van der Waals surface area contributed by atoms with E-state index in [0.29, 0.717) is 6.92 Å². The number of ether oxygens (including phenoxy) is 1. The van der Waals surface area contributed by atoms with Gasteiger partial charge in [-0.15, -0.1) is 13.2 Å². The monoisotopic (exact) mass is 376 g/mol. The zero-order chi connectivity index (χ0) is 19.7. The summed E-state index contributed by atoms with van der Waals surface area (Å²) in [5, 5.41) is 3.49. The fourth-order valence-electron chi connectivity index (χ4n) is 1.73. The normalized spacial score (nSPS) is 13.4. The minimum Gasteiger partial charge on any atom is -0.406 e. The van der Waals surface area contributed by atoms with Gasteiger partial charge in [-0.05, 0) is 31.2 Å². The summed E-state index contributed by atoms with van der Waals surface area (Å²) in [5.74, 6) is -8.51. The lowest BCUT2D eigenvalue weighted by atomic mass is 9.88. The lowest BCUT2D eigenvalue weighted by Crippen LogP contribution is -2.67. The quantitative estimate of drug-likeness (QED) is 0.727. The number of alkyl halides is 7. The topological polar surface area (TPSA) is 50.4 Å². The summed E-state index contributed by atoms with van der Waals surface area (Å²) in [6, 6.07) is 2.28. The van der Waals surface area contributed by atoms with Gasteiger partial charge in [-0.3, -0.25) is 0 Å². The average molecular weight is 376 g/mol. The number of amides is 2. The van der Waals surface area contributed by atoms with Crippen LogP contribution in [0, 0.1) is 0 Å². The van der Waals surface area contributed by atoms with Crippen molar-refractivity contribution < 1.29 is 40.3 Å². The van der Waals surface area contributed by atoms with Gasteiger partial charge in [-0.1, -0.05) is 0 Å². The number of hydrogen-bond donors (Lipinski definition) is 2. The molecule has 0 aliphatic heterocycles. The van der Waals surface area contributed by atoms with E-state index < -0.39 is 35.5 Å². The second-order valence-electron chi connectivity index (χ2n) is 5.55. The van der Waals surface area contributed by atoms with Crippen LogP contribution in [-0.4, -0.2) is 29.8 Å². The summed E-state index contributed by atoms with van der Waals surface area (Å²) in [4.78, 5) is 11.7. The number of rotatable bonds is 5. The summed E-state index contributed by atoms with van der Waals surface area (Å²) in [5.41, 5.74) is -3.31. The van der Waals surface area contributed by atoms with Crippen molar-refractivity contribution in [2.75, 3.05) is 5.32 Å². The molecule has 4 nitrogen and oxygen atoms in total. The van der Waals surface area contributed by atoms with Gasteiger partial charge in [-0.25, -0.2) is 22.4 Å². The molecule has 0 saturated carbocycles. The maximum absolute atomic E-state index is 13.5. The van der Waals surface area contributed by atoms with Gasteiger partial charge in [0.25, 0.3) is 11.8 Å². The van der Waals surface area contributed by atoms with Crippen LogP contribution in [0.4, 0.5) is 41.2 Å². The average Bonchev–Trinajstić information content (AvgIpc) is 2.36. The van der Waals surface area contributed by atoms with Gasteiger partial charge >= 0.3 is 12.4 Å². The highest BCUT2D eigenvalue weighted by Crippen LogP contribution is 2.40. The molecule has 0 radical (unpaired) electrons. The molecule has 0 aliphatic carbocycles. The largest absolute Gasteiger partial charge is 0.573 e. The zero-order valence-corrected chi connectivity index (χ0v) is 13.3. The third kappa shape index (κ3) is 5.40. The highest BCUT2D eigenvalue weighted by atomic mass is 19.4. The molecule has 0 fully saturated rings. The minimum atomic E-state index is -4.91. The summed E-state index contributed by atoms with van der Waals surface area (Å²) in [7, 11) is 0. The standard InChI is InChI=1S/C14H15F7N2O2/c1-11(12(2,15)16,13(3,17)18)23-10(24)22-8-4-6-9(7-5-8)25-14(19,20)21/h4-7H,1-3H3,(H2,22,23,24). The molecule has 0 aliphatic rings. The van der Waals surface area contributed by atoms with Crippen molar-refractivity contribution >= 4 is 11.7 Å². The molecule has 0 atom stereocenters. The lowest BCUT2D eigenvalue weighted by Gasteiger charge is -2.40. The predicted molar refractivity (Wildman–Crippen MR) is 74.9 cm³/mol. The number of halogens is 7. The van der Waals surface area contributed by atoms with Crippen molar-refractivity contribution in [1.29, 1.82) is 0 Å². The van der Waals surface area contributed by atoms with Crippen LogP contribution in [0.2, 0.25) is 0 Å². The van der Waals surface area contributed by atoms with Crippen LogP contribution in [0.25, 0.3) is 0 Å². The van der Waals surface area contributed by atoms with Crippen molar-refractivity contribution in [2.45, 2.75) is 44.5 Å². The van der Waals surface area contributed by atoms with Crippen LogP contribution in [0.5, 0.6) is 5.75 Å². The molecular formula is C14H15F7N2O2. The van der Waals surface area contributed by atoms with E-state index >= 15 is 0 Å². The van der Waals surface area contributed by atoms with E-state index in [2.05, 4.69) is 4.74 Å². The van der Waals surface area contributed by atoms with Crippen molar-refractivity contribution in [2.24, 2.45) is 0 Å². The van der Waals surface area contributed by atoms with Gasteiger partial charge in [0, 0.05) is 19.5 Å². The van der Waals surface area contributed by atoms with Crippen molar-refractivity contribution in [3.05, 3.63) is 24.3 Å². The Kier molecular flexibility index (Phi) is 5.50. The van der Waals surface area contributed by atoms with Crippen LogP contribution >= 0.6 is 0 Å². The highest BCUT2D eigenvalue weighted by molar-refractivity contribution is 5.90. The SMILES string of the molecule is CC(F)(F)C(C)(NC(=O)Nc1ccc(OC(F)(F)F)cc1)C(C)(F)F. The van der Waals surface area contributed by atoms with Crippen molar-refractivity contribution in [3.8, 4) is 5.75 Å². The van der Waals surface area contributed by atoms with E-state index in [9.17, 15) is 35.5 Å². The summed E-state index contributed by atoms with van der Waals surface area (Å²) in [6.45, 7) is 0.939. The van der Waals surface area contributed by atoms with Crippen LogP contribution < -0.4 is 15.4 Å². The Morgan fingerprint density at radius 1 is 0.880 bits per heavy atom. The van der Waals surface area contributed by atoms with Gasteiger partial charge in [0.05, 0.1) is 0 Å². The second kappa shape index (κ2) is 6.60. The maximum Gasteiger partial charge on any atom is 0.573 e. The molecule has 1 rings (SSSR count). The van der Waals surface area contributed by atoms with Gasteiger partial charge < -0.3 is 15.4 Å². The Balaban J connectivity index is 2.85. The molecule has 142 valence electrons. The molecule has 0 aromatic heterocycles. The first-order valence-corrected chi connectivity index (χ1v) is 6.76. The van der Waals surface area contributed by atoms with E-state index in [4.69, 9.17) is 0 Å². The molecule has 0 unspecified atom stereocenters. The molecule has 2 amide bonds. The van der Waals surface area contributed by atoms with E-state index in [1.165, 1.54) is 5.32 Å². The Bertz CT molecular complexity index is 590. The van der Waals surface area contributed by atoms with Crippen LogP contribution in [-0.2, 0) is 0 Å². The molecule has 2 N–H and O–H groups in total. The molecule has 0 bridgehead atoms. The van der Waals surface area contributed by atoms with Gasteiger partial charge in [0.1, 0.15) is 5.75 Å². The van der Waals surface area contributed by atoms with Crippen LogP contribution in [0.1, 0.15) is 20.8 Å². The first-order chi connectivity index (χ1) is 11.1. The maximum atomic E-state index is 13.5. The number of benzene rings is 1. The number of urea groups is 1. The molecule has 0 saturated heterocycles. The molecule has 0 spiro atoms. The van der Waals surface area contributed by atoms with E-state index in [1.807, 2.05) is 5.32 Å².